The van der Waals surface area contributed by atoms with E-state index in [9.17, 15) is 18.3 Å². The lowest BCUT2D eigenvalue weighted by atomic mass is 10.2. The number of ether oxygens (including phenoxy) is 1. The van der Waals surface area contributed by atoms with Crippen LogP contribution in [-0.4, -0.2) is 63.7 Å². The number of hydrogen-bond donors (Lipinski definition) is 2. The van der Waals surface area contributed by atoms with Crippen LogP contribution in [0.4, 0.5) is 0 Å². The van der Waals surface area contributed by atoms with Gasteiger partial charge in [-0.2, -0.15) is 4.31 Å². The number of imidazole rings is 1. The number of aromatic nitrogens is 4. The first-order valence-corrected chi connectivity index (χ1v) is 13.6. The lowest BCUT2D eigenvalue weighted by Gasteiger charge is -2.22. The SMILES string of the molecule is CCCCN(CCCO)S(=O)(=O)c1ccc(OCC)c(-c2nn3c(CCC)nc(C)c3c(=O)[nH]2)c1. The Hall–Kier alpha value is -2.76. The molecule has 192 valence electrons. The molecule has 3 aromatic rings. The van der Waals surface area contributed by atoms with E-state index in [0.717, 1.165) is 12.8 Å². The van der Waals surface area contributed by atoms with Gasteiger partial charge >= 0.3 is 0 Å². The van der Waals surface area contributed by atoms with Gasteiger partial charge in [0, 0.05) is 26.1 Å². The van der Waals surface area contributed by atoms with E-state index in [1.54, 1.807) is 17.5 Å². The quantitative estimate of drug-likeness (QED) is 0.365. The van der Waals surface area contributed by atoms with Crippen LogP contribution in [0.5, 0.6) is 5.75 Å². The third kappa shape index (κ3) is 5.74. The summed E-state index contributed by atoms with van der Waals surface area (Å²) in [4.78, 5) is 20.3. The molecule has 2 aromatic heterocycles. The minimum atomic E-state index is -3.85. The van der Waals surface area contributed by atoms with Crippen molar-refractivity contribution in [2.24, 2.45) is 0 Å². The summed E-state index contributed by atoms with van der Waals surface area (Å²) in [5.74, 6) is 1.29. The Morgan fingerprint density at radius 2 is 1.89 bits per heavy atom. The van der Waals surface area contributed by atoms with Crippen molar-refractivity contribution < 1.29 is 18.3 Å². The Labute approximate surface area is 206 Å². The molecule has 0 aliphatic rings. The average Bonchev–Trinajstić information content (AvgIpc) is 3.15. The maximum absolute atomic E-state index is 13.5. The summed E-state index contributed by atoms with van der Waals surface area (Å²) in [6.45, 7) is 8.45. The number of fused-ring (bicyclic) bond motifs is 1. The summed E-state index contributed by atoms with van der Waals surface area (Å²) >= 11 is 0. The first kappa shape index (κ1) is 26.8. The Morgan fingerprint density at radius 3 is 2.54 bits per heavy atom. The summed E-state index contributed by atoms with van der Waals surface area (Å²) in [7, 11) is -3.85. The second-order valence-electron chi connectivity index (χ2n) is 8.35. The number of nitrogens with one attached hydrogen (secondary N) is 1. The number of aliphatic hydroxyl groups excluding tert-OH is 1. The summed E-state index contributed by atoms with van der Waals surface area (Å²) in [5.41, 5.74) is 0.975. The Morgan fingerprint density at radius 1 is 1.14 bits per heavy atom. The highest BCUT2D eigenvalue weighted by Gasteiger charge is 2.26. The van der Waals surface area contributed by atoms with Crippen molar-refractivity contribution in [3.8, 4) is 17.1 Å². The minimum Gasteiger partial charge on any atom is -0.493 e. The first-order valence-electron chi connectivity index (χ1n) is 12.1. The van der Waals surface area contributed by atoms with Crippen LogP contribution in [0.25, 0.3) is 16.9 Å². The highest BCUT2D eigenvalue weighted by atomic mass is 32.2. The molecule has 0 saturated heterocycles. The molecule has 11 heteroatoms. The Kier molecular flexibility index (Phi) is 9.03. The number of unbranched alkanes of at least 4 members (excludes halogenated alkanes) is 1. The zero-order chi connectivity index (χ0) is 25.6. The monoisotopic (exact) mass is 505 g/mol. The van der Waals surface area contributed by atoms with Crippen molar-refractivity contribution in [1.82, 2.24) is 23.9 Å². The van der Waals surface area contributed by atoms with E-state index < -0.39 is 10.0 Å². The molecule has 0 spiro atoms. The number of aryl methyl sites for hydroxylation is 2. The standard InChI is InChI=1S/C24H35N5O5S/c1-5-8-13-28(14-9-15-30)35(32,33)18-11-12-20(34-7-3)19(16-18)23-26-24(31)22-17(4)25-21(10-6-2)29(22)27-23/h11-12,16,30H,5-10,13-15H2,1-4H3,(H,26,27,31). The summed E-state index contributed by atoms with van der Waals surface area (Å²) in [6, 6.07) is 4.58. The highest BCUT2D eigenvalue weighted by Crippen LogP contribution is 2.31. The molecule has 0 saturated carbocycles. The lowest BCUT2D eigenvalue weighted by Crippen LogP contribution is -2.33. The van der Waals surface area contributed by atoms with E-state index in [1.165, 1.54) is 16.4 Å². The number of aromatic amines is 1. The number of sulfonamides is 1. The molecule has 0 bridgehead atoms. The smallest absolute Gasteiger partial charge is 0.277 e. The van der Waals surface area contributed by atoms with E-state index in [-0.39, 0.29) is 29.4 Å². The summed E-state index contributed by atoms with van der Waals surface area (Å²) < 4.78 is 35.7. The van der Waals surface area contributed by atoms with Gasteiger partial charge in [-0.25, -0.2) is 17.9 Å². The van der Waals surface area contributed by atoms with Crippen molar-refractivity contribution >= 4 is 15.5 Å². The molecule has 0 radical (unpaired) electrons. The molecule has 1 aromatic carbocycles. The zero-order valence-corrected chi connectivity index (χ0v) is 21.7. The molecule has 0 unspecified atom stereocenters. The number of H-pyrrole nitrogens is 1. The van der Waals surface area contributed by atoms with Gasteiger partial charge in [0.05, 0.1) is 22.8 Å². The van der Waals surface area contributed by atoms with Gasteiger partial charge in [0.1, 0.15) is 11.6 Å². The second kappa shape index (κ2) is 11.8. The van der Waals surface area contributed by atoms with Crippen molar-refractivity contribution in [1.29, 1.82) is 0 Å². The average molecular weight is 506 g/mol. The van der Waals surface area contributed by atoms with E-state index in [4.69, 9.17) is 4.74 Å². The van der Waals surface area contributed by atoms with Crippen molar-refractivity contribution in [3.05, 3.63) is 40.1 Å². The first-order chi connectivity index (χ1) is 16.8. The molecule has 0 amide bonds. The zero-order valence-electron chi connectivity index (χ0n) is 20.9. The number of benzene rings is 1. The number of nitrogens with zero attached hydrogens (tertiary/aromatic N) is 4. The van der Waals surface area contributed by atoms with E-state index >= 15 is 0 Å². The number of hydrogen-bond acceptors (Lipinski definition) is 7. The van der Waals surface area contributed by atoms with Crippen LogP contribution >= 0.6 is 0 Å². The molecule has 0 aliphatic heterocycles. The molecule has 3 rings (SSSR count). The fourth-order valence-electron chi connectivity index (χ4n) is 3.96. The molecule has 0 fully saturated rings. The van der Waals surface area contributed by atoms with Crippen LogP contribution in [0.3, 0.4) is 0 Å². The molecular formula is C24H35N5O5S. The van der Waals surface area contributed by atoms with Crippen LogP contribution in [0, 0.1) is 6.92 Å². The summed E-state index contributed by atoms with van der Waals surface area (Å²) in [5, 5.41) is 13.9. The van der Waals surface area contributed by atoms with E-state index in [0.29, 0.717) is 60.8 Å². The highest BCUT2D eigenvalue weighted by molar-refractivity contribution is 7.89. The van der Waals surface area contributed by atoms with Crippen molar-refractivity contribution in [2.75, 3.05) is 26.3 Å². The number of aliphatic hydroxyl groups is 1. The lowest BCUT2D eigenvalue weighted by molar-refractivity contribution is 0.268. The second-order valence-corrected chi connectivity index (χ2v) is 10.3. The molecule has 2 N–H and O–H groups in total. The number of rotatable bonds is 13. The van der Waals surface area contributed by atoms with Gasteiger partial charge in [0.25, 0.3) is 5.56 Å². The van der Waals surface area contributed by atoms with Crippen molar-refractivity contribution in [2.45, 2.75) is 64.7 Å². The molecule has 0 aliphatic carbocycles. The Bertz CT molecular complexity index is 1310. The molecular weight excluding hydrogens is 470 g/mol. The van der Waals surface area contributed by atoms with Crippen molar-refractivity contribution in [3.63, 3.8) is 0 Å². The Balaban J connectivity index is 2.17. The van der Waals surface area contributed by atoms with Gasteiger partial charge in [-0.1, -0.05) is 20.3 Å². The van der Waals surface area contributed by atoms with Gasteiger partial charge in [-0.3, -0.25) is 4.79 Å². The molecule has 35 heavy (non-hydrogen) atoms. The van der Waals surface area contributed by atoms with Gasteiger partial charge in [0.15, 0.2) is 11.3 Å². The van der Waals surface area contributed by atoms with Crippen LogP contribution in [0.1, 0.15) is 58.0 Å². The fraction of sp³-hybridized carbons (Fsp3) is 0.542. The van der Waals surface area contributed by atoms with Crippen LogP contribution < -0.4 is 10.3 Å². The predicted octanol–water partition coefficient (Wildman–Crippen LogP) is 2.92. The molecule has 10 nitrogen and oxygen atoms in total. The largest absolute Gasteiger partial charge is 0.493 e. The fourth-order valence-corrected chi connectivity index (χ4v) is 5.51. The topological polar surface area (TPSA) is 130 Å². The van der Waals surface area contributed by atoms with Crippen LogP contribution in [0.2, 0.25) is 0 Å². The van der Waals surface area contributed by atoms with Gasteiger partial charge in [-0.15, -0.1) is 5.10 Å². The van der Waals surface area contributed by atoms with Gasteiger partial charge in [-0.05, 0) is 51.3 Å². The predicted molar refractivity (Wildman–Crippen MR) is 134 cm³/mol. The third-order valence-corrected chi connectivity index (χ3v) is 7.58. The van der Waals surface area contributed by atoms with Crippen LogP contribution in [-0.2, 0) is 16.4 Å². The van der Waals surface area contributed by atoms with E-state index in [2.05, 4.69) is 15.1 Å². The maximum atomic E-state index is 13.5. The minimum absolute atomic E-state index is 0.0725. The van der Waals surface area contributed by atoms with E-state index in [1.807, 2.05) is 20.8 Å². The molecule has 0 atom stereocenters. The van der Waals surface area contributed by atoms with Gasteiger partial charge in [0.2, 0.25) is 10.0 Å². The normalized spacial score (nSPS) is 12.1. The third-order valence-electron chi connectivity index (χ3n) is 5.69. The molecule has 2 heterocycles. The maximum Gasteiger partial charge on any atom is 0.277 e. The summed E-state index contributed by atoms with van der Waals surface area (Å²) in [6.07, 6.45) is 3.38. The van der Waals surface area contributed by atoms with Crippen LogP contribution in [0.15, 0.2) is 27.9 Å². The van der Waals surface area contributed by atoms with Gasteiger partial charge < -0.3 is 14.8 Å².